The molecule has 0 radical (unpaired) electrons. The third-order valence-electron chi connectivity index (χ3n) is 3.80. The second kappa shape index (κ2) is 9.47. The molecule has 0 saturated heterocycles. The van der Waals surface area contributed by atoms with Crippen molar-refractivity contribution in [3.63, 3.8) is 0 Å². The van der Waals surface area contributed by atoms with Crippen molar-refractivity contribution in [3.05, 3.63) is 89.5 Å². The number of rotatable bonds is 6. The van der Waals surface area contributed by atoms with E-state index < -0.39 is 8.60 Å². The molecule has 0 aliphatic heterocycles. The molecular weight excluding hydrogens is 367 g/mol. The van der Waals surface area contributed by atoms with Gasteiger partial charge in [-0.1, -0.05) is 54.6 Å². The SMILES string of the molecule is Cc1ccccc1OP(Oc1ccccc1C)Oc1ccccc1C.Cl. The Labute approximate surface area is 162 Å². The molecule has 0 N–H and O–H groups in total. The lowest BCUT2D eigenvalue weighted by atomic mass is 10.2. The molecule has 0 amide bonds. The Morgan fingerprint density at radius 3 is 1.04 bits per heavy atom. The first-order valence-corrected chi connectivity index (χ1v) is 9.24. The molecule has 0 unspecified atom stereocenters. The van der Waals surface area contributed by atoms with Crippen LogP contribution in [0.1, 0.15) is 16.7 Å². The molecule has 0 saturated carbocycles. The summed E-state index contributed by atoms with van der Waals surface area (Å²) in [7, 11) is -1.64. The molecule has 3 aromatic rings. The summed E-state index contributed by atoms with van der Waals surface area (Å²) >= 11 is 0. The van der Waals surface area contributed by atoms with Crippen LogP contribution in [0.15, 0.2) is 72.8 Å². The molecule has 136 valence electrons. The number of benzene rings is 3. The maximum Gasteiger partial charge on any atom is 0.530 e. The molecule has 0 atom stereocenters. The average Bonchev–Trinajstić information content (AvgIpc) is 2.61. The van der Waals surface area contributed by atoms with Gasteiger partial charge in [0, 0.05) is 0 Å². The largest absolute Gasteiger partial charge is 0.530 e. The van der Waals surface area contributed by atoms with Crippen molar-refractivity contribution < 1.29 is 13.6 Å². The topological polar surface area (TPSA) is 27.7 Å². The van der Waals surface area contributed by atoms with Gasteiger partial charge in [0.15, 0.2) is 0 Å². The minimum atomic E-state index is -1.64. The summed E-state index contributed by atoms with van der Waals surface area (Å²) < 4.78 is 18.3. The van der Waals surface area contributed by atoms with Crippen molar-refractivity contribution >= 4 is 21.0 Å². The van der Waals surface area contributed by atoms with E-state index in [1.54, 1.807) is 0 Å². The van der Waals surface area contributed by atoms with Gasteiger partial charge in [-0.15, -0.1) is 12.4 Å². The normalized spacial score (nSPS) is 10.2. The molecule has 3 rings (SSSR count). The van der Waals surface area contributed by atoms with Crippen molar-refractivity contribution in [1.82, 2.24) is 0 Å². The first-order chi connectivity index (χ1) is 12.1. The van der Waals surface area contributed by atoms with Gasteiger partial charge in [0.1, 0.15) is 17.2 Å². The van der Waals surface area contributed by atoms with Crippen LogP contribution in [0.5, 0.6) is 17.2 Å². The molecule has 3 nitrogen and oxygen atoms in total. The molecular formula is C21H22ClO3P. The second-order valence-corrected chi connectivity index (χ2v) is 6.79. The van der Waals surface area contributed by atoms with Crippen molar-refractivity contribution in [2.45, 2.75) is 20.8 Å². The van der Waals surface area contributed by atoms with Crippen LogP contribution in [0.4, 0.5) is 0 Å². The Bertz CT molecular complexity index is 741. The molecule has 3 aromatic carbocycles. The Morgan fingerprint density at radius 2 is 0.769 bits per heavy atom. The first-order valence-electron chi connectivity index (χ1n) is 8.14. The van der Waals surface area contributed by atoms with Gasteiger partial charge in [-0.25, -0.2) is 0 Å². The van der Waals surface area contributed by atoms with E-state index in [0.717, 1.165) is 33.9 Å². The highest BCUT2D eigenvalue weighted by molar-refractivity contribution is 7.43. The van der Waals surface area contributed by atoms with Crippen LogP contribution in [0.25, 0.3) is 0 Å². The quantitative estimate of drug-likeness (QED) is 0.435. The lowest BCUT2D eigenvalue weighted by molar-refractivity contribution is 0.385. The van der Waals surface area contributed by atoms with E-state index in [0.29, 0.717) is 0 Å². The summed E-state index contributed by atoms with van der Waals surface area (Å²) in [5.74, 6) is 2.28. The number of halogens is 1. The fourth-order valence-corrected chi connectivity index (χ4v) is 3.48. The van der Waals surface area contributed by atoms with E-state index in [9.17, 15) is 0 Å². The van der Waals surface area contributed by atoms with Crippen LogP contribution in [0, 0.1) is 20.8 Å². The predicted octanol–water partition coefficient (Wildman–Crippen LogP) is 6.80. The molecule has 0 aromatic heterocycles. The Morgan fingerprint density at radius 1 is 0.500 bits per heavy atom. The standard InChI is InChI=1S/C21H21O3P.ClH/c1-16-10-4-7-13-19(16)22-25(23-20-14-8-5-11-17(20)2)24-21-15-9-6-12-18(21)3;/h4-15H,1-3H3;1H. The fraction of sp³-hybridized carbons (Fsp3) is 0.143. The monoisotopic (exact) mass is 388 g/mol. The zero-order valence-electron chi connectivity index (χ0n) is 15.0. The maximum absolute atomic E-state index is 6.08. The van der Waals surface area contributed by atoms with Gasteiger partial charge in [0.2, 0.25) is 0 Å². The minimum Gasteiger partial charge on any atom is -0.408 e. The van der Waals surface area contributed by atoms with E-state index in [4.69, 9.17) is 13.6 Å². The van der Waals surface area contributed by atoms with Crippen molar-refractivity contribution in [2.75, 3.05) is 0 Å². The van der Waals surface area contributed by atoms with Crippen LogP contribution in [0.3, 0.4) is 0 Å². The zero-order chi connectivity index (χ0) is 17.6. The highest BCUT2D eigenvalue weighted by atomic mass is 35.5. The fourth-order valence-electron chi connectivity index (χ4n) is 2.27. The van der Waals surface area contributed by atoms with Crippen LogP contribution < -0.4 is 13.6 Å². The predicted molar refractivity (Wildman–Crippen MR) is 110 cm³/mol. The molecule has 0 aliphatic carbocycles. The molecule has 0 spiro atoms. The Hall–Kier alpha value is -2.22. The van der Waals surface area contributed by atoms with Crippen molar-refractivity contribution in [3.8, 4) is 17.2 Å². The van der Waals surface area contributed by atoms with Gasteiger partial charge in [0.05, 0.1) is 0 Å². The van der Waals surface area contributed by atoms with Gasteiger partial charge >= 0.3 is 8.60 Å². The summed E-state index contributed by atoms with van der Waals surface area (Å²) in [6.07, 6.45) is 0. The highest BCUT2D eigenvalue weighted by Gasteiger charge is 2.22. The van der Waals surface area contributed by atoms with E-state index in [1.807, 2.05) is 93.6 Å². The second-order valence-electron chi connectivity index (χ2n) is 5.79. The third-order valence-corrected chi connectivity index (χ3v) is 4.84. The lowest BCUT2D eigenvalue weighted by Crippen LogP contribution is -2.04. The number of para-hydroxylation sites is 3. The van der Waals surface area contributed by atoms with Crippen LogP contribution in [0.2, 0.25) is 0 Å². The van der Waals surface area contributed by atoms with Gasteiger partial charge in [0.25, 0.3) is 0 Å². The first kappa shape index (κ1) is 20.1. The minimum absolute atomic E-state index is 0. The number of aryl methyl sites for hydroxylation is 3. The van der Waals surface area contributed by atoms with E-state index in [2.05, 4.69) is 0 Å². The molecule has 26 heavy (non-hydrogen) atoms. The van der Waals surface area contributed by atoms with E-state index in [1.165, 1.54) is 0 Å². The van der Waals surface area contributed by atoms with Gasteiger partial charge in [-0.2, -0.15) is 0 Å². The Balaban J connectivity index is 0.00000243. The van der Waals surface area contributed by atoms with Gasteiger partial charge < -0.3 is 13.6 Å². The molecule has 0 fully saturated rings. The van der Waals surface area contributed by atoms with Gasteiger partial charge in [-0.3, -0.25) is 0 Å². The van der Waals surface area contributed by atoms with Gasteiger partial charge in [-0.05, 0) is 55.7 Å². The summed E-state index contributed by atoms with van der Waals surface area (Å²) in [5, 5.41) is 0. The van der Waals surface area contributed by atoms with E-state index >= 15 is 0 Å². The molecule has 5 heteroatoms. The third kappa shape index (κ3) is 5.14. The highest BCUT2D eigenvalue weighted by Crippen LogP contribution is 2.44. The number of hydrogen-bond donors (Lipinski definition) is 0. The summed E-state index contributed by atoms with van der Waals surface area (Å²) in [6.45, 7) is 6.01. The van der Waals surface area contributed by atoms with Crippen LogP contribution >= 0.6 is 21.0 Å². The van der Waals surface area contributed by atoms with E-state index in [-0.39, 0.29) is 12.4 Å². The zero-order valence-corrected chi connectivity index (χ0v) is 16.7. The Kier molecular flexibility index (Phi) is 7.32. The van der Waals surface area contributed by atoms with Crippen molar-refractivity contribution in [1.29, 1.82) is 0 Å². The van der Waals surface area contributed by atoms with Crippen molar-refractivity contribution in [2.24, 2.45) is 0 Å². The number of hydrogen-bond acceptors (Lipinski definition) is 3. The van der Waals surface area contributed by atoms with Crippen LogP contribution in [-0.4, -0.2) is 0 Å². The summed E-state index contributed by atoms with van der Waals surface area (Å²) in [4.78, 5) is 0. The molecule has 0 aliphatic rings. The average molecular weight is 389 g/mol. The lowest BCUT2D eigenvalue weighted by Gasteiger charge is -2.20. The summed E-state index contributed by atoms with van der Waals surface area (Å²) in [6, 6.07) is 23.6. The summed E-state index contributed by atoms with van der Waals surface area (Å²) in [5.41, 5.74) is 3.12. The van der Waals surface area contributed by atoms with Crippen LogP contribution in [-0.2, 0) is 0 Å². The maximum atomic E-state index is 6.08. The molecule has 0 bridgehead atoms. The molecule has 0 heterocycles. The smallest absolute Gasteiger partial charge is 0.408 e.